The molecule has 0 bridgehead atoms. The van der Waals surface area contributed by atoms with Gasteiger partial charge in [-0.1, -0.05) is 19.1 Å². The van der Waals surface area contributed by atoms with E-state index in [9.17, 15) is 4.79 Å². The molecule has 0 heterocycles. The molecule has 0 aromatic carbocycles. The molecule has 2 nitrogen and oxygen atoms in total. The SMILES string of the molecule is C/C=C/[C@H](C#N)[C@@H](C)CC(C)=O. The number of carbonyl (C=O) groups is 1. The van der Waals surface area contributed by atoms with Crippen LogP contribution in [0.4, 0.5) is 0 Å². The Morgan fingerprint density at radius 3 is 2.58 bits per heavy atom. The molecule has 0 rings (SSSR count). The lowest BCUT2D eigenvalue weighted by Gasteiger charge is -2.11. The Labute approximate surface area is 73.9 Å². The molecule has 0 saturated carbocycles. The van der Waals surface area contributed by atoms with Gasteiger partial charge in [-0.25, -0.2) is 0 Å². The second-order valence-electron chi connectivity index (χ2n) is 3.06. The Morgan fingerprint density at radius 1 is 1.67 bits per heavy atom. The summed E-state index contributed by atoms with van der Waals surface area (Å²) in [4.78, 5) is 10.7. The Hall–Kier alpha value is -1.10. The lowest BCUT2D eigenvalue weighted by Crippen LogP contribution is -2.10. The summed E-state index contributed by atoms with van der Waals surface area (Å²) < 4.78 is 0. The van der Waals surface area contributed by atoms with E-state index in [2.05, 4.69) is 6.07 Å². The minimum Gasteiger partial charge on any atom is -0.300 e. The third kappa shape index (κ3) is 3.92. The van der Waals surface area contributed by atoms with Gasteiger partial charge in [0.25, 0.3) is 0 Å². The quantitative estimate of drug-likeness (QED) is 0.600. The molecule has 0 fully saturated rings. The van der Waals surface area contributed by atoms with Crippen molar-refractivity contribution in [3.8, 4) is 6.07 Å². The maximum absolute atomic E-state index is 10.7. The third-order valence-corrected chi connectivity index (χ3v) is 1.77. The van der Waals surface area contributed by atoms with Gasteiger partial charge >= 0.3 is 0 Å². The zero-order valence-corrected chi connectivity index (χ0v) is 7.87. The first-order valence-corrected chi connectivity index (χ1v) is 4.13. The van der Waals surface area contributed by atoms with Gasteiger partial charge in [0, 0.05) is 6.42 Å². The Kier molecular flexibility index (Phi) is 5.03. The predicted octanol–water partition coefficient (Wildman–Crippen LogP) is 2.32. The molecule has 2 heteroatoms. The normalized spacial score (nSPS) is 15.5. The summed E-state index contributed by atoms with van der Waals surface area (Å²) in [6.45, 7) is 5.36. The van der Waals surface area contributed by atoms with Crippen molar-refractivity contribution in [3.63, 3.8) is 0 Å². The molecule has 0 aliphatic carbocycles. The van der Waals surface area contributed by atoms with Crippen LogP contribution in [0.5, 0.6) is 0 Å². The fourth-order valence-corrected chi connectivity index (χ4v) is 1.15. The standard InChI is InChI=1S/C10H15NO/c1-4-5-10(7-11)8(2)6-9(3)12/h4-5,8,10H,6H2,1-3H3/b5-4+/t8-,10+/m0/s1. The van der Waals surface area contributed by atoms with Crippen molar-refractivity contribution in [2.24, 2.45) is 11.8 Å². The molecule has 0 aliphatic rings. The number of allylic oxidation sites excluding steroid dienone is 2. The van der Waals surface area contributed by atoms with Gasteiger partial charge in [0.2, 0.25) is 0 Å². The Morgan fingerprint density at radius 2 is 2.25 bits per heavy atom. The maximum atomic E-state index is 10.7. The summed E-state index contributed by atoms with van der Waals surface area (Å²) in [5.74, 6) is 0.148. The van der Waals surface area contributed by atoms with Crippen molar-refractivity contribution in [1.82, 2.24) is 0 Å². The molecule has 0 aromatic rings. The number of carbonyl (C=O) groups excluding carboxylic acids is 1. The van der Waals surface area contributed by atoms with Crippen molar-refractivity contribution in [1.29, 1.82) is 5.26 Å². The third-order valence-electron chi connectivity index (χ3n) is 1.77. The number of hydrogen-bond acceptors (Lipinski definition) is 2. The van der Waals surface area contributed by atoms with Crippen LogP contribution in [-0.4, -0.2) is 5.78 Å². The molecule has 0 aromatic heterocycles. The number of nitriles is 1. The lowest BCUT2D eigenvalue weighted by atomic mass is 9.91. The van der Waals surface area contributed by atoms with Gasteiger partial charge in [-0.3, -0.25) is 0 Å². The van der Waals surface area contributed by atoms with E-state index >= 15 is 0 Å². The second kappa shape index (κ2) is 5.54. The number of rotatable bonds is 4. The van der Waals surface area contributed by atoms with E-state index < -0.39 is 0 Å². The van der Waals surface area contributed by atoms with Gasteiger partial charge in [0.1, 0.15) is 5.78 Å². The summed E-state index contributed by atoms with van der Waals surface area (Å²) in [5.41, 5.74) is 0. The van der Waals surface area contributed by atoms with Crippen molar-refractivity contribution in [2.75, 3.05) is 0 Å². The maximum Gasteiger partial charge on any atom is 0.130 e. The first-order valence-electron chi connectivity index (χ1n) is 4.13. The summed E-state index contributed by atoms with van der Waals surface area (Å²) in [6, 6.07) is 2.17. The largest absolute Gasteiger partial charge is 0.300 e. The molecule has 0 aliphatic heterocycles. The number of nitrogens with zero attached hydrogens (tertiary/aromatic N) is 1. The molecule has 0 spiro atoms. The van der Waals surface area contributed by atoms with Crippen LogP contribution in [0.2, 0.25) is 0 Å². The van der Waals surface area contributed by atoms with E-state index in [4.69, 9.17) is 5.26 Å². The van der Waals surface area contributed by atoms with Crippen LogP contribution in [0.3, 0.4) is 0 Å². The highest BCUT2D eigenvalue weighted by Gasteiger charge is 2.14. The number of hydrogen-bond donors (Lipinski definition) is 0. The number of Topliss-reactive ketones (excluding diaryl/α,β-unsaturated/α-hetero) is 1. The van der Waals surface area contributed by atoms with Gasteiger partial charge < -0.3 is 4.79 Å². The van der Waals surface area contributed by atoms with Gasteiger partial charge in [-0.2, -0.15) is 5.26 Å². The van der Waals surface area contributed by atoms with Crippen molar-refractivity contribution in [3.05, 3.63) is 12.2 Å². The van der Waals surface area contributed by atoms with E-state index in [0.717, 1.165) is 0 Å². The highest BCUT2D eigenvalue weighted by atomic mass is 16.1. The Balaban J connectivity index is 4.14. The lowest BCUT2D eigenvalue weighted by molar-refractivity contribution is -0.117. The van der Waals surface area contributed by atoms with E-state index in [1.165, 1.54) is 0 Å². The summed E-state index contributed by atoms with van der Waals surface area (Å²) in [7, 11) is 0. The van der Waals surface area contributed by atoms with Crippen molar-refractivity contribution >= 4 is 5.78 Å². The predicted molar refractivity (Wildman–Crippen MR) is 48.4 cm³/mol. The zero-order chi connectivity index (χ0) is 9.56. The molecule has 0 unspecified atom stereocenters. The molecule has 2 atom stereocenters. The first kappa shape index (κ1) is 10.9. The molecular weight excluding hydrogens is 150 g/mol. The van der Waals surface area contributed by atoms with Gasteiger partial charge in [-0.15, -0.1) is 0 Å². The van der Waals surface area contributed by atoms with E-state index in [1.807, 2.05) is 26.0 Å². The van der Waals surface area contributed by atoms with Crippen LogP contribution in [0.15, 0.2) is 12.2 Å². The average molecular weight is 165 g/mol. The smallest absolute Gasteiger partial charge is 0.130 e. The molecule has 0 N–H and O–H groups in total. The van der Waals surface area contributed by atoms with E-state index in [0.29, 0.717) is 6.42 Å². The average Bonchev–Trinajstić information content (AvgIpc) is 1.98. The number of ketones is 1. The first-order chi connectivity index (χ1) is 5.61. The minimum atomic E-state index is -0.126. The monoisotopic (exact) mass is 165 g/mol. The summed E-state index contributed by atoms with van der Waals surface area (Å²) in [6.07, 6.45) is 4.18. The van der Waals surface area contributed by atoms with Gasteiger partial charge in [0.15, 0.2) is 0 Å². The van der Waals surface area contributed by atoms with Gasteiger partial charge in [0.05, 0.1) is 12.0 Å². The molecule has 0 saturated heterocycles. The molecule has 0 radical (unpaired) electrons. The minimum absolute atomic E-state index is 0.126. The van der Waals surface area contributed by atoms with Crippen LogP contribution in [0, 0.1) is 23.2 Å². The second-order valence-corrected chi connectivity index (χ2v) is 3.06. The summed E-state index contributed by atoms with van der Waals surface area (Å²) >= 11 is 0. The van der Waals surface area contributed by atoms with Crippen LogP contribution in [0.1, 0.15) is 27.2 Å². The molecular formula is C10H15NO. The van der Waals surface area contributed by atoms with E-state index in [1.54, 1.807) is 6.92 Å². The van der Waals surface area contributed by atoms with Crippen molar-refractivity contribution < 1.29 is 4.79 Å². The van der Waals surface area contributed by atoms with Crippen LogP contribution >= 0.6 is 0 Å². The fourth-order valence-electron chi connectivity index (χ4n) is 1.15. The molecule has 0 amide bonds. The Bertz CT molecular complexity index is 212. The molecule has 12 heavy (non-hydrogen) atoms. The van der Waals surface area contributed by atoms with Crippen LogP contribution in [0.25, 0.3) is 0 Å². The zero-order valence-electron chi connectivity index (χ0n) is 7.87. The highest BCUT2D eigenvalue weighted by molar-refractivity contribution is 5.75. The van der Waals surface area contributed by atoms with Crippen LogP contribution in [-0.2, 0) is 4.79 Å². The van der Waals surface area contributed by atoms with E-state index in [-0.39, 0.29) is 17.6 Å². The molecule has 66 valence electrons. The van der Waals surface area contributed by atoms with Gasteiger partial charge in [-0.05, 0) is 19.8 Å². The topological polar surface area (TPSA) is 40.9 Å². The highest BCUT2D eigenvalue weighted by Crippen LogP contribution is 2.16. The van der Waals surface area contributed by atoms with Crippen LogP contribution < -0.4 is 0 Å². The fraction of sp³-hybridized carbons (Fsp3) is 0.600. The van der Waals surface area contributed by atoms with Crippen molar-refractivity contribution in [2.45, 2.75) is 27.2 Å². The summed E-state index contributed by atoms with van der Waals surface area (Å²) in [5, 5.41) is 8.73.